The van der Waals surface area contributed by atoms with Crippen molar-refractivity contribution in [3.05, 3.63) is 57.8 Å². The van der Waals surface area contributed by atoms with Crippen molar-refractivity contribution in [3.8, 4) is 11.5 Å². The number of carbonyl (C=O) groups excluding carboxylic acids is 1. The van der Waals surface area contributed by atoms with E-state index < -0.39 is 5.82 Å². The van der Waals surface area contributed by atoms with Crippen LogP contribution in [-0.4, -0.2) is 6.29 Å². The molecule has 0 unspecified atom stereocenters. The Bertz CT molecular complexity index is 596. The van der Waals surface area contributed by atoms with Crippen molar-refractivity contribution in [3.63, 3.8) is 0 Å². The SMILES string of the molecule is Cc1ccc(Oc2ccc(C=O)cc2F)c(Br)c1. The van der Waals surface area contributed by atoms with Crippen LogP contribution in [0.25, 0.3) is 0 Å². The zero-order chi connectivity index (χ0) is 13.1. The quantitative estimate of drug-likeness (QED) is 0.780. The molecule has 0 N–H and O–H groups in total. The van der Waals surface area contributed by atoms with Gasteiger partial charge >= 0.3 is 0 Å². The maximum absolute atomic E-state index is 13.6. The van der Waals surface area contributed by atoms with Crippen LogP contribution in [0.2, 0.25) is 0 Å². The smallest absolute Gasteiger partial charge is 0.166 e. The Morgan fingerprint density at radius 3 is 2.50 bits per heavy atom. The van der Waals surface area contributed by atoms with E-state index in [1.54, 1.807) is 6.07 Å². The van der Waals surface area contributed by atoms with Gasteiger partial charge in [-0.15, -0.1) is 0 Å². The van der Waals surface area contributed by atoms with Gasteiger partial charge in [0.05, 0.1) is 4.47 Å². The minimum absolute atomic E-state index is 0.0881. The zero-order valence-electron chi connectivity index (χ0n) is 9.61. The van der Waals surface area contributed by atoms with Crippen LogP contribution in [0.15, 0.2) is 40.9 Å². The summed E-state index contributed by atoms with van der Waals surface area (Å²) in [4.78, 5) is 10.5. The lowest BCUT2D eigenvalue weighted by Crippen LogP contribution is -1.91. The molecule has 0 amide bonds. The summed E-state index contributed by atoms with van der Waals surface area (Å²) in [6.07, 6.45) is 0.592. The lowest BCUT2D eigenvalue weighted by molar-refractivity contribution is 0.112. The Balaban J connectivity index is 2.31. The van der Waals surface area contributed by atoms with Gasteiger partial charge in [-0.05, 0) is 58.7 Å². The van der Waals surface area contributed by atoms with Crippen LogP contribution in [0.5, 0.6) is 11.5 Å². The molecule has 2 aromatic rings. The van der Waals surface area contributed by atoms with E-state index in [9.17, 15) is 9.18 Å². The molecule has 0 aromatic heterocycles. The second-order valence-corrected chi connectivity index (χ2v) is 4.70. The Kier molecular flexibility index (Phi) is 3.77. The van der Waals surface area contributed by atoms with Crippen LogP contribution in [0.3, 0.4) is 0 Å². The molecule has 2 rings (SSSR count). The number of benzene rings is 2. The van der Waals surface area contributed by atoms with Crippen molar-refractivity contribution in [1.82, 2.24) is 0 Å². The van der Waals surface area contributed by atoms with Gasteiger partial charge in [0, 0.05) is 5.56 Å². The summed E-state index contributed by atoms with van der Waals surface area (Å²) in [5.74, 6) is 0.0515. The number of hydrogen-bond acceptors (Lipinski definition) is 2. The highest BCUT2D eigenvalue weighted by molar-refractivity contribution is 9.10. The standard InChI is InChI=1S/C14H10BrFO2/c1-9-2-4-13(11(15)6-9)18-14-5-3-10(8-17)7-12(14)16/h2-8H,1H3. The van der Waals surface area contributed by atoms with Crippen molar-refractivity contribution in [2.24, 2.45) is 0 Å². The molecule has 4 heteroatoms. The number of aldehydes is 1. The zero-order valence-corrected chi connectivity index (χ0v) is 11.2. The number of rotatable bonds is 3. The average Bonchev–Trinajstić information content (AvgIpc) is 2.34. The fourth-order valence-electron chi connectivity index (χ4n) is 1.48. The summed E-state index contributed by atoms with van der Waals surface area (Å²) in [6.45, 7) is 1.95. The summed E-state index contributed by atoms with van der Waals surface area (Å²) < 4.78 is 19.8. The van der Waals surface area contributed by atoms with E-state index in [2.05, 4.69) is 15.9 Å². The monoisotopic (exact) mass is 308 g/mol. The van der Waals surface area contributed by atoms with Gasteiger partial charge in [0.2, 0.25) is 0 Å². The second kappa shape index (κ2) is 5.31. The van der Waals surface area contributed by atoms with E-state index in [1.807, 2.05) is 19.1 Å². The first-order chi connectivity index (χ1) is 8.60. The molecular weight excluding hydrogens is 299 g/mol. The summed E-state index contributed by atoms with van der Waals surface area (Å²) in [5, 5.41) is 0. The van der Waals surface area contributed by atoms with Gasteiger partial charge in [-0.3, -0.25) is 4.79 Å². The maximum atomic E-state index is 13.6. The highest BCUT2D eigenvalue weighted by Gasteiger charge is 2.08. The summed E-state index contributed by atoms with van der Waals surface area (Å²) in [5.41, 5.74) is 1.36. The van der Waals surface area contributed by atoms with Gasteiger partial charge in [-0.1, -0.05) is 6.07 Å². The molecule has 0 aliphatic heterocycles. The fraction of sp³-hybridized carbons (Fsp3) is 0.0714. The van der Waals surface area contributed by atoms with Crippen molar-refractivity contribution in [1.29, 1.82) is 0 Å². The highest BCUT2D eigenvalue weighted by Crippen LogP contribution is 2.31. The first-order valence-corrected chi connectivity index (χ1v) is 6.08. The molecule has 0 saturated heterocycles. The van der Waals surface area contributed by atoms with Gasteiger partial charge < -0.3 is 4.74 Å². The summed E-state index contributed by atoms with van der Waals surface area (Å²) in [6, 6.07) is 9.60. The molecule has 18 heavy (non-hydrogen) atoms. The van der Waals surface area contributed by atoms with Crippen molar-refractivity contribution in [2.45, 2.75) is 6.92 Å². The van der Waals surface area contributed by atoms with E-state index in [0.29, 0.717) is 12.0 Å². The third kappa shape index (κ3) is 2.76. The van der Waals surface area contributed by atoms with Crippen molar-refractivity contribution in [2.75, 3.05) is 0 Å². The summed E-state index contributed by atoms with van der Waals surface area (Å²) >= 11 is 3.35. The Morgan fingerprint density at radius 1 is 1.17 bits per heavy atom. The molecule has 92 valence electrons. The van der Waals surface area contributed by atoms with Crippen molar-refractivity contribution >= 4 is 22.2 Å². The third-order valence-corrected chi connectivity index (χ3v) is 3.02. The molecule has 0 radical (unpaired) electrons. The summed E-state index contributed by atoms with van der Waals surface area (Å²) in [7, 11) is 0. The highest BCUT2D eigenvalue weighted by atomic mass is 79.9. The average molecular weight is 309 g/mol. The molecule has 0 aliphatic rings. The molecule has 0 spiro atoms. The minimum atomic E-state index is -0.563. The van der Waals surface area contributed by atoms with E-state index in [4.69, 9.17) is 4.74 Å². The molecule has 0 heterocycles. The van der Waals surface area contributed by atoms with Crippen LogP contribution in [-0.2, 0) is 0 Å². The first-order valence-electron chi connectivity index (χ1n) is 5.29. The largest absolute Gasteiger partial charge is 0.453 e. The normalized spacial score (nSPS) is 10.2. The lowest BCUT2D eigenvalue weighted by Gasteiger charge is -2.09. The van der Waals surface area contributed by atoms with Gasteiger partial charge in [0.15, 0.2) is 11.6 Å². The first kappa shape index (κ1) is 12.8. The molecule has 0 bridgehead atoms. The third-order valence-electron chi connectivity index (χ3n) is 2.40. The van der Waals surface area contributed by atoms with Gasteiger partial charge in [0.1, 0.15) is 12.0 Å². The van der Waals surface area contributed by atoms with Gasteiger partial charge in [-0.2, -0.15) is 0 Å². The topological polar surface area (TPSA) is 26.3 Å². The van der Waals surface area contributed by atoms with Gasteiger partial charge in [-0.25, -0.2) is 4.39 Å². The molecule has 2 aromatic carbocycles. The molecule has 2 nitrogen and oxygen atoms in total. The van der Waals surface area contributed by atoms with E-state index in [0.717, 1.165) is 16.1 Å². The van der Waals surface area contributed by atoms with Crippen molar-refractivity contribution < 1.29 is 13.9 Å². The Morgan fingerprint density at radius 2 is 1.89 bits per heavy atom. The molecule has 0 atom stereocenters. The predicted octanol–water partition coefficient (Wildman–Crippen LogP) is 4.50. The van der Waals surface area contributed by atoms with Crippen LogP contribution in [0.4, 0.5) is 4.39 Å². The molecule has 0 fully saturated rings. The fourth-order valence-corrected chi connectivity index (χ4v) is 2.05. The Labute approximate surface area is 113 Å². The van der Waals surface area contributed by atoms with E-state index in [1.165, 1.54) is 12.1 Å². The van der Waals surface area contributed by atoms with E-state index in [-0.39, 0.29) is 11.3 Å². The van der Waals surface area contributed by atoms with Crippen LogP contribution >= 0.6 is 15.9 Å². The second-order valence-electron chi connectivity index (χ2n) is 3.84. The lowest BCUT2D eigenvalue weighted by atomic mass is 10.2. The number of hydrogen-bond donors (Lipinski definition) is 0. The number of carbonyl (C=O) groups is 1. The molecular formula is C14H10BrFO2. The number of ether oxygens (including phenoxy) is 1. The van der Waals surface area contributed by atoms with Crippen LogP contribution < -0.4 is 4.74 Å². The molecule has 0 saturated carbocycles. The number of halogens is 2. The van der Waals surface area contributed by atoms with Crippen LogP contribution in [0, 0.1) is 12.7 Å². The number of aryl methyl sites for hydroxylation is 1. The maximum Gasteiger partial charge on any atom is 0.166 e. The molecule has 0 aliphatic carbocycles. The van der Waals surface area contributed by atoms with Crippen LogP contribution in [0.1, 0.15) is 15.9 Å². The minimum Gasteiger partial charge on any atom is -0.453 e. The predicted molar refractivity (Wildman–Crippen MR) is 70.7 cm³/mol. The Hall–Kier alpha value is -1.68. The van der Waals surface area contributed by atoms with E-state index >= 15 is 0 Å². The van der Waals surface area contributed by atoms with Gasteiger partial charge in [0.25, 0.3) is 0 Å².